The molecule has 0 rings (SSSR count). The second-order valence-electron chi connectivity index (χ2n) is 4.45. The van der Waals surface area contributed by atoms with Gasteiger partial charge in [0.2, 0.25) is 17.7 Å². The van der Waals surface area contributed by atoms with Crippen molar-refractivity contribution in [3.63, 3.8) is 0 Å². The van der Waals surface area contributed by atoms with Crippen molar-refractivity contribution in [3.05, 3.63) is 0 Å². The van der Waals surface area contributed by atoms with Crippen molar-refractivity contribution in [2.75, 3.05) is 0 Å². The lowest BCUT2D eigenvalue weighted by Gasteiger charge is -2.44. The van der Waals surface area contributed by atoms with Gasteiger partial charge < -0.3 is 17.2 Å². The summed E-state index contributed by atoms with van der Waals surface area (Å²) in [7, 11) is 0. The summed E-state index contributed by atoms with van der Waals surface area (Å²) in [6, 6.07) is 0. The first-order valence-corrected chi connectivity index (χ1v) is 6.62. The highest BCUT2D eigenvalue weighted by molar-refractivity contribution is 6.39. The third kappa shape index (κ3) is 3.24. The molecule has 19 heavy (non-hydrogen) atoms. The van der Waals surface area contributed by atoms with Crippen molar-refractivity contribution >= 4 is 52.5 Å². The summed E-state index contributed by atoms with van der Waals surface area (Å²) in [6.07, 6.45) is 0. The predicted molar refractivity (Wildman–Crippen MR) is 73.8 cm³/mol. The Kier molecular flexibility index (Phi) is 6.38. The van der Waals surface area contributed by atoms with E-state index in [1.54, 1.807) is 13.8 Å². The van der Waals surface area contributed by atoms with Gasteiger partial charge in [-0.15, -0.1) is 34.8 Å². The van der Waals surface area contributed by atoms with E-state index >= 15 is 0 Å². The number of carbonyl (C=O) groups is 3. The number of amides is 3. The maximum atomic E-state index is 11.4. The molecule has 0 heterocycles. The highest BCUT2D eigenvalue weighted by Crippen LogP contribution is 2.46. The molecule has 110 valence electrons. The van der Waals surface area contributed by atoms with E-state index < -0.39 is 45.2 Å². The maximum Gasteiger partial charge on any atom is 0.236 e. The maximum absolute atomic E-state index is 11.4. The summed E-state index contributed by atoms with van der Waals surface area (Å²) in [5.74, 6) is -3.50. The summed E-state index contributed by atoms with van der Waals surface area (Å²) in [5.41, 5.74) is 13.7. The minimum Gasteiger partial charge on any atom is -0.368 e. The van der Waals surface area contributed by atoms with Gasteiger partial charge in [0.1, 0.15) is 16.1 Å². The lowest BCUT2D eigenvalue weighted by Crippen LogP contribution is -2.61. The predicted octanol–water partition coefficient (Wildman–Crippen LogP) is -0.0931. The molecule has 3 amide bonds. The van der Waals surface area contributed by atoms with Gasteiger partial charge in [-0.3, -0.25) is 14.4 Å². The fourth-order valence-corrected chi connectivity index (χ4v) is 3.71. The van der Waals surface area contributed by atoms with Crippen molar-refractivity contribution < 1.29 is 14.4 Å². The van der Waals surface area contributed by atoms with Gasteiger partial charge in [-0.05, 0) is 5.92 Å². The third-order valence-corrected chi connectivity index (χ3v) is 4.85. The zero-order valence-corrected chi connectivity index (χ0v) is 12.7. The number of hydrogen-bond donors (Lipinski definition) is 3. The van der Waals surface area contributed by atoms with Gasteiger partial charge in [-0.1, -0.05) is 13.8 Å². The number of nitrogens with two attached hydrogens (primary N) is 3. The summed E-state index contributed by atoms with van der Waals surface area (Å²) >= 11 is 17.9. The van der Waals surface area contributed by atoms with E-state index in [0.29, 0.717) is 0 Å². The molecule has 0 saturated carbocycles. The Hall–Kier alpha value is -0.720. The molecule has 0 spiro atoms. The molecule has 6 nitrogen and oxygen atoms in total. The monoisotopic (exact) mass is 331 g/mol. The first-order valence-electron chi connectivity index (χ1n) is 5.31. The van der Waals surface area contributed by atoms with Crippen LogP contribution in [0.4, 0.5) is 0 Å². The van der Waals surface area contributed by atoms with Crippen molar-refractivity contribution in [1.29, 1.82) is 0 Å². The molecule has 0 aromatic carbocycles. The molecule has 6 N–H and O–H groups in total. The van der Waals surface area contributed by atoms with Gasteiger partial charge in [0.05, 0.1) is 0 Å². The Labute approximate surface area is 125 Å². The zero-order chi connectivity index (χ0) is 15.5. The second kappa shape index (κ2) is 6.63. The minimum absolute atomic E-state index is 0.563. The van der Waals surface area contributed by atoms with Crippen LogP contribution in [0, 0.1) is 11.3 Å². The molecule has 0 aromatic rings. The number of hydrogen-bond acceptors (Lipinski definition) is 3. The van der Waals surface area contributed by atoms with Crippen molar-refractivity contribution in [2.24, 2.45) is 28.5 Å². The average Bonchev–Trinajstić information content (AvgIpc) is 2.28. The molecular weight excluding hydrogens is 316 g/mol. The Morgan fingerprint density at radius 2 is 1.00 bits per heavy atom. The summed E-state index contributed by atoms with van der Waals surface area (Å²) in [4.78, 5) is 34.1. The summed E-state index contributed by atoms with van der Waals surface area (Å²) in [5, 5.41) is -4.47. The largest absolute Gasteiger partial charge is 0.368 e. The SMILES string of the molecule is CC(C)C(C(Cl)C(N)=O)(C(Cl)C(N)=O)C(Cl)C(N)=O. The van der Waals surface area contributed by atoms with Crippen LogP contribution in [0.25, 0.3) is 0 Å². The van der Waals surface area contributed by atoms with Crippen molar-refractivity contribution in [1.82, 2.24) is 0 Å². The number of halogens is 3. The van der Waals surface area contributed by atoms with E-state index in [2.05, 4.69) is 0 Å². The second-order valence-corrected chi connectivity index (χ2v) is 5.76. The number of primary amides is 3. The van der Waals surface area contributed by atoms with Crippen LogP contribution in [0.2, 0.25) is 0 Å². The molecule has 0 radical (unpaired) electrons. The first-order chi connectivity index (χ1) is 8.51. The van der Waals surface area contributed by atoms with Crippen LogP contribution in [-0.2, 0) is 14.4 Å². The van der Waals surface area contributed by atoms with Gasteiger partial charge in [-0.2, -0.15) is 0 Å². The number of alkyl halides is 3. The van der Waals surface area contributed by atoms with Crippen LogP contribution < -0.4 is 17.2 Å². The molecule has 0 bridgehead atoms. The molecule has 0 aliphatic heterocycles. The zero-order valence-electron chi connectivity index (χ0n) is 10.4. The molecule has 0 aliphatic carbocycles. The fourth-order valence-electron chi connectivity index (χ4n) is 2.00. The molecule has 9 heteroatoms. The van der Waals surface area contributed by atoms with Gasteiger partial charge in [-0.25, -0.2) is 0 Å². The summed E-state index contributed by atoms with van der Waals surface area (Å²) < 4.78 is 0. The van der Waals surface area contributed by atoms with E-state index in [9.17, 15) is 14.4 Å². The molecule has 0 aromatic heterocycles. The number of rotatable bonds is 7. The minimum atomic E-state index is -1.69. The van der Waals surface area contributed by atoms with E-state index in [-0.39, 0.29) is 0 Å². The quantitative estimate of drug-likeness (QED) is 0.563. The highest BCUT2D eigenvalue weighted by atomic mass is 35.5. The Balaban J connectivity index is 6.11. The van der Waals surface area contributed by atoms with E-state index in [1.165, 1.54) is 0 Å². The molecular formula is C10H16Cl3N3O3. The molecule has 0 aliphatic rings. The number of carbonyl (C=O) groups excluding carboxylic acids is 3. The van der Waals surface area contributed by atoms with Crippen LogP contribution in [0.5, 0.6) is 0 Å². The van der Waals surface area contributed by atoms with E-state index in [1.807, 2.05) is 0 Å². The van der Waals surface area contributed by atoms with Gasteiger partial charge in [0, 0.05) is 5.41 Å². The van der Waals surface area contributed by atoms with Crippen molar-refractivity contribution in [3.8, 4) is 0 Å². The Bertz CT molecular complexity index is 339. The summed E-state index contributed by atoms with van der Waals surface area (Å²) in [6.45, 7) is 3.16. The normalized spacial score (nSPS) is 19.3. The smallest absolute Gasteiger partial charge is 0.236 e. The Morgan fingerprint density at radius 1 is 0.789 bits per heavy atom. The average molecular weight is 333 g/mol. The van der Waals surface area contributed by atoms with Gasteiger partial charge in [0.15, 0.2) is 0 Å². The fraction of sp³-hybridized carbons (Fsp3) is 0.700. The highest BCUT2D eigenvalue weighted by Gasteiger charge is 2.57. The lowest BCUT2D eigenvalue weighted by atomic mass is 9.68. The molecule has 0 saturated heterocycles. The van der Waals surface area contributed by atoms with Crippen LogP contribution in [0.15, 0.2) is 0 Å². The molecule has 3 unspecified atom stereocenters. The molecule has 0 fully saturated rings. The van der Waals surface area contributed by atoms with Crippen LogP contribution in [0.3, 0.4) is 0 Å². The van der Waals surface area contributed by atoms with Crippen LogP contribution in [-0.4, -0.2) is 33.9 Å². The Morgan fingerprint density at radius 3 is 1.11 bits per heavy atom. The lowest BCUT2D eigenvalue weighted by molar-refractivity contribution is -0.127. The third-order valence-electron chi connectivity index (χ3n) is 3.07. The standard InChI is InChI=1S/C10H16Cl3N3O3/c1-3(2)10(4(11)7(14)17,5(12)8(15)18)6(13)9(16)19/h3-6H,1-2H3,(H2,14,17)(H2,15,18)(H2,16,19). The molecule has 3 atom stereocenters. The van der Waals surface area contributed by atoms with Gasteiger partial charge in [0.25, 0.3) is 0 Å². The van der Waals surface area contributed by atoms with E-state index in [4.69, 9.17) is 52.0 Å². The topological polar surface area (TPSA) is 129 Å². The van der Waals surface area contributed by atoms with Crippen molar-refractivity contribution in [2.45, 2.75) is 30.0 Å². The van der Waals surface area contributed by atoms with Gasteiger partial charge >= 0.3 is 0 Å². The van der Waals surface area contributed by atoms with Crippen LogP contribution in [0.1, 0.15) is 13.8 Å². The van der Waals surface area contributed by atoms with Crippen LogP contribution >= 0.6 is 34.8 Å². The first kappa shape index (κ1) is 18.3. The van der Waals surface area contributed by atoms with E-state index in [0.717, 1.165) is 0 Å².